The Morgan fingerprint density at radius 2 is 2.00 bits per heavy atom. The molecule has 0 aliphatic heterocycles. The van der Waals surface area contributed by atoms with Gasteiger partial charge in [0.15, 0.2) is 0 Å². The van der Waals surface area contributed by atoms with Crippen LogP contribution in [0.4, 0.5) is 5.69 Å². The summed E-state index contributed by atoms with van der Waals surface area (Å²) >= 11 is 5.70. The maximum atomic E-state index is 10.7. The van der Waals surface area contributed by atoms with Gasteiger partial charge in [0.1, 0.15) is 17.4 Å². The maximum Gasteiger partial charge on any atom is 0.291 e. The summed E-state index contributed by atoms with van der Waals surface area (Å²) in [6.45, 7) is 0.321. The Labute approximate surface area is 108 Å². The maximum absolute atomic E-state index is 10.7. The molecule has 5 nitrogen and oxygen atoms in total. The Morgan fingerprint density at radius 3 is 2.67 bits per heavy atom. The van der Waals surface area contributed by atoms with Crippen molar-refractivity contribution in [2.24, 2.45) is 0 Å². The van der Waals surface area contributed by atoms with Gasteiger partial charge >= 0.3 is 0 Å². The number of aromatic nitrogens is 1. The number of nitro groups is 1. The topological polar surface area (TPSA) is 65.3 Å². The first-order chi connectivity index (χ1) is 8.66. The third kappa shape index (κ3) is 2.95. The van der Waals surface area contributed by atoms with Gasteiger partial charge < -0.3 is 4.74 Å². The van der Waals surface area contributed by atoms with Gasteiger partial charge in [-0.25, -0.2) is 0 Å². The van der Waals surface area contributed by atoms with Crippen molar-refractivity contribution in [3.63, 3.8) is 0 Å². The normalized spacial score (nSPS) is 10.1. The molecule has 1 heterocycles. The predicted octanol–water partition coefficient (Wildman–Crippen LogP) is 3.22. The van der Waals surface area contributed by atoms with Crippen molar-refractivity contribution in [1.82, 2.24) is 4.98 Å². The molecule has 0 aliphatic rings. The monoisotopic (exact) mass is 264 g/mol. The van der Waals surface area contributed by atoms with E-state index in [1.165, 1.54) is 12.1 Å². The van der Waals surface area contributed by atoms with E-state index in [9.17, 15) is 10.1 Å². The van der Waals surface area contributed by atoms with Gasteiger partial charge in [-0.1, -0.05) is 11.6 Å². The van der Waals surface area contributed by atoms with E-state index in [2.05, 4.69) is 4.98 Å². The number of ether oxygens (including phenoxy) is 1. The minimum Gasteiger partial charge on any atom is -0.489 e. The van der Waals surface area contributed by atoms with Crippen molar-refractivity contribution in [2.45, 2.75) is 6.61 Å². The molecule has 0 saturated carbocycles. The van der Waals surface area contributed by atoms with Gasteiger partial charge in [-0.15, -0.1) is 0 Å². The molecule has 0 unspecified atom stereocenters. The molecule has 92 valence electrons. The SMILES string of the molecule is O=[N+]([O-])c1cc(OCc2ccncc2)ccc1Cl. The lowest BCUT2D eigenvalue weighted by molar-refractivity contribution is -0.384. The number of nitro benzene ring substituents is 1. The van der Waals surface area contributed by atoms with Crippen LogP contribution in [0.3, 0.4) is 0 Å². The van der Waals surface area contributed by atoms with Crippen LogP contribution in [0.15, 0.2) is 42.7 Å². The molecule has 0 N–H and O–H groups in total. The standard InChI is InChI=1S/C12H9ClN2O3/c13-11-2-1-10(7-12(11)15(16)17)18-8-9-3-5-14-6-4-9/h1-7H,8H2. The summed E-state index contributed by atoms with van der Waals surface area (Å²) in [5.74, 6) is 0.405. The first-order valence-electron chi connectivity index (χ1n) is 5.12. The Morgan fingerprint density at radius 1 is 1.28 bits per heavy atom. The average Bonchev–Trinajstić information content (AvgIpc) is 2.38. The molecule has 0 radical (unpaired) electrons. The molecule has 1 aromatic carbocycles. The van der Waals surface area contributed by atoms with E-state index in [1.807, 2.05) is 12.1 Å². The second-order valence-corrected chi connectivity index (χ2v) is 3.92. The van der Waals surface area contributed by atoms with E-state index >= 15 is 0 Å². The molecule has 0 amide bonds. The molecule has 0 atom stereocenters. The highest BCUT2D eigenvalue weighted by atomic mass is 35.5. The third-order valence-electron chi connectivity index (χ3n) is 2.27. The van der Waals surface area contributed by atoms with E-state index in [0.717, 1.165) is 5.56 Å². The number of halogens is 1. The molecule has 0 aliphatic carbocycles. The molecule has 6 heteroatoms. The van der Waals surface area contributed by atoms with Crippen molar-refractivity contribution >= 4 is 17.3 Å². The molecule has 0 fully saturated rings. The first-order valence-corrected chi connectivity index (χ1v) is 5.50. The summed E-state index contributed by atoms with van der Waals surface area (Å²) < 4.78 is 5.45. The van der Waals surface area contributed by atoms with Gasteiger partial charge in [0.05, 0.1) is 11.0 Å². The van der Waals surface area contributed by atoms with Crippen LogP contribution < -0.4 is 4.74 Å². The van der Waals surface area contributed by atoms with Crippen LogP contribution in [0.25, 0.3) is 0 Å². The summed E-state index contributed by atoms with van der Waals surface area (Å²) in [6.07, 6.45) is 3.31. The second-order valence-electron chi connectivity index (χ2n) is 3.51. The van der Waals surface area contributed by atoms with E-state index in [1.54, 1.807) is 18.5 Å². The van der Waals surface area contributed by atoms with Crippen molar-refractivity contribution in [3.05, 3.63) is 63.4 Å². The average molecular weight is 265 g/mol. The van der Waals surface area contributed by atoms with Crippen molar-refractivity contribution in [2.75, 3.05) is 0 Å². The second kappa shape index (κ2) is 5.46. The van der Waals surface area contributed by atoms with Crippen molar-refractivity contribution in [3.8, 4) is 5.75 Å². The number of nitrogens with zero attached hydrogens (tertiary/aromatic N) is 2. The number of hydrogen-bond acceptors (Lipinski definition) is 4. The zero-order chi connectivity index (χ0) is 13.0. The van der Waals surface area contributed by atoms with Gasteiger partial charge in [-0.05, 0) is 29.8 Å². The van der Waals surface area contributed by atoms with Gasteiger partial charge in [0.25, 0.3) is 5.69 Å². The Kier molecular flexibility index (Phi) is 3.74. The minimum absolute atomic E-state index is 0.0938. The summed E-state index contributed by atoms with van der Waals surface area (Å²) in [5.41, 5.74) is 0.770. The van der Waals surface area contributed by atoms with E-state index in [4.69, 9.17) is 16.3 Å². The van der Waals surface area contributed by atoms with E-state index in [-0.39, 0.29) is 10.7 Å². The van der Waals surface area contributed by atoms with Crippen molar-refractivity contribution in [1.29, 1.82) is 0 Å². The van der Waals surface area contributed by atoms with Crippen molar-refractivity contribution < 1.29 is 9.66 Å². The van der Waals surface area contributed by atoms with Crippen LogP contribution in [-0.4, -0.2) is 9.91 Å². The fourth-order valence-corrected chi connectivity index (χ4v) is 1.55. The van der Waals surface area contributed by atoms with Crippen LogP contribution in [-0.2, 0) is 6.61 Å². The molecule has 0 saturated heterocycles. The number of pyridine rings is 1. The first kappa shape index (κ1) is 12.3. The summed E-state index contributed by atoms with van der Waals surface area (Å²) in [6, 6.07) is 7.97. The van der Waals surface area contributed by atoms with Crippen LogP contribution in [0, 0.1) is 10.1 Å². The van der Waals surface area contributed by atoms with Gasteiger partial charge in [-0.3, -0.25) is 15.1 Å². The fraction of sp³-hybridized carbons (Fsp3) is 0.0833. The number of benzene rings is 1. The molecular weight excluding hydrogens is 256 g/mol. The van der Waals surface area contributed by atoms with Gasteiger partial charge in [0.2, 0.25) is 0 Å². The lowest BCUT2D eigenvalue weighted by atomic mass is 10.3. The third-order valence-corrected chi connectivity index (χ3v) is 2.59. The molecular formula is C12H9ClN2O3. The Bertz CT molecular complexity index is 561. The number of rotatable bonds is 4. The molecule has 1 aromatic heterocycles. The molecule has 0 bridgehead atoms. The predicted molar refractivity (Wildman–Crippen MR) is 66.7 cm³/mol. The van der Waals surface area contributed by atoms with Crippen LogP contribution in [0.2, 0.25) is 5.02 Å². The Hall–Kier alpha value is -2.14. The fourth-order valence-electron chi connectivity index (χ4n) is 1.37. The molecule has 2 aromatic rings. The van der Waals surface area contributed by atoms with Crippen LogP contribution in [0.1, 0.15) is 5.56 Å². The summed E-state index contributed by atoms with van der Waals surface area (Å²) in [4.78, 5) is 14.1. The lowest BCUT2D eigenvalue weighted by Crippen LogP contribution is -1.96. The summed E-state index contributed by atoms with van der Waals surface area (Å²) in [5, 5.41) is 10.8. The lowest BCUT2D eigenvalue weighted by Gasteiger charge is -2.06. The Balaban J connectivity index is 2.11. The molecule has 18 heavy (non-hydrogen) atoms. The van der Waals surface area contributed by atoms with Crippen LogP contribution in [0.5, 0.6) is 5.75 Å². The van der Waals surface area contributed by atoms with Gasteiger partial charge in [0, 0.05) is 12.4 Å². The molecule has 0 spiro atoms. The zero-order valence-electron chi connectivity index (χ0n) is 9.25. The minimum atomic E-state index is -0.540. The quantitative estimate of drug-likeness (QED) is 0.628. The van der Waals surface area contributed by atoms with Gasteiger partial charge in [-0.2, -0.15) is 0 Å². The zero-order valence-corrected chi connectivity index (χ0v) is 10.0. The highest BCUT2D eigenvalue weighted by Gasteiger charge is 2.13. The van der Waals surface area contributed by atoms with E-state index in [0.29, 0.717) is 12.4 Å². The molecule has 2 rings (SSSR count). The summed E-state index contributed by atoms with van der Waals surface area (Å²) in [7, 11) is 0. The number of hydrogen-bond donors (Lipinski definition) is 0. The smallest absolute Gasteiger partial charge is 0.291 e. The van der Waals surface area contributed by atoms with Crippen LogP contribution >= 0.6 is 11.6 Å². The highest BCUT2D eigenvalue weighted by Crippen LogP contribution is 2.28. The highest BCUT2D eigenvalue weighted by molar-refractivity contribution is 6.32. The largest absolute Gasteiger partial charge is 0.489 e. The van der Waals surface area contributed by atoms with E-state index < -0.39 is 4.92 Å².